The van der Waals surface area contributed by atoms with Gasteiger partial charge in [-0.15, -0.1) is 0 Å². The predicted octanol–water partition coefficient (Wildman–Crippen LogP) is 5.01. The van der Waals surface area contributed by atoms with Gasteiger partial charge in [0, 0.05) is 10.2 Å². The lowest BCUT2D eigenvalue weighted by atomic mass is 10.1. The van der Waals surface area contributed by atoms with Crippen LogP contribution in [0.5, 0.6) is 0 Å². The zero-order valence-electron chi connectivity index (χ0n) is 9.22. The van der Waals surface area contributed by atoms with Crippen molar-refractivity contribution in [1.82, 2.24) is 0 Å². The molecule has 1 fully saturated rings. The van der Waals surface area contributed by atoms with Gasteiger partial charge in [-0.3, -0.25) is 0 Å². The molecule has 0 unspecified atom stereocenters. The van der Waals surface area contributed by atoms with Crippen LogP contribution in [0.2, 0.25) is 0 Å². The van der Waals surface area contributed by atoms with E-state index in [9.17, 15) is 4.39 Å². The molecule has 0 N–H and O–H groups in total. The average Bonchev–Trinajstić information content (AvgIpc) is 2.69. The molecule has 1 saturated carbocycles. The highest BCUT2D eigenvalue weighted by molar-refractivity contribution is 9.10. The van der Waals surface area contributed by atoms with Crippen molar-refractivity contribution < 1.29 is 4.39 Å². The fourth-order valence-corrected chi connectivity index (χ4v) is 3.91. The van der Waals surface area contributed by atoms with E-state index in [1.54, 1.807) is 6.07 Å². The molecule has 1 aliphatic rings. The van der Waals surface area contributed by atoms with Gasteiger partial charge in [0.05, 0.1) is 0 Å². The summed E-state index contributed by atoms with van der Waals surface area (Å²) in [5.41, 5.74) is 1.08. The smallest absolute Gasteiger partial charge is 0.124 e. The van der Waals surface area contributed by atoms with Crippen LogP contribution in [0, 0.1) is 11.7 Å². The normalized spacial score (nSPS) is 16.9. The second-order valence-corrected chi connectivity index (χ2v) is 6.39. The van der Waals surface area contributed by atoms with Crippen molar-refractivity contribution in [3.63, 3.8) is 0 Å². The maximum absolute atomic E-state index is 13.1. The van der Waals surface area contributed by atoms with Gasteiger partial charge in [0.2, 0.25) is 0 Å². The first kappa shape index (κ1) is 12.4. The van der Waals surface area contributed by atoms with Crippen molar-refractivity contribution in [1.29, 1.82) is 0 Å². The maximum atomic E-state index is 13.1. The summed E-state index contributed by atoms with van der Waals surface area (Å²) in [5, 5.41) is 0. The van der Waals surface area contributed by atoms with Crippen LogP contribution in [0.25, 0.3) is 0 Å². The number of benzene rings is 1. The predicted molar refractivity (Wildman–Crippen MR) is 72.2 cm³/mol. The van der Waals surface area contributed by atoms with Crippen molar-refractivity contribution >= 4 is 27.7 Å². The molecule has 0 nitrogen and oxygen atoms in total. The Labute approximate surface area is 109 Å². The Bertz CT molecular complexity index is 328. The third kappa shape index (κ3) is 3.77. The Balaban J connectivity index is 1.80. The van der Waals surface area contributed by atoms with E-state index in [-0.39, 0.29) is 5.82 Å². The lowest BCUT2D eigenvalue weighted by Crippen LogP contribution is -1.97. The Morgan fingerprint density at radius 3 is 2.69 bits per heavy atom. The lowest BCUT2D eigenvalue weighted by Gasteiger charge is -2.08. The number of rotatable bonds is 4. The summed E-state index contributed by atoms with van der Waals surface area (Å²) in [7, 11) is 0. The van der Waals surface area contributed by atoms with E-state index in [1.807, 2.05) is 17.8 Å². The van der Waals surface area contributed by atoms with Gasteiger partial charge in [-0.05, 0) is 48.3 Å². The van der Waals surface area contributed by atoms with Gasteiger partial charge in [-0.2, -0.15) is 11.8 Å². The topological polar surface area (TPSA) is 0 Å². The zero-order chi connectivity index (χ0) is 11.4. The minimum Gasteiger partial charge on any atom is -0.207 e. The molecule has 0 saturated heterocycles. The van der Waals surface area contributed by atoms with Gasteiger partial charge in [-0.25, -0.2) is 4.39 Å². The van der Waals surface area contributed by atoms with Crippen LogP contribution in [0.1, 0.15) is 31.2 Å². The highest BCUT2D eigenvalue weighted by Crippen LogP contribution is 2.29. The third-order valence-corrected chi connectivity index (χ3v) is 4.72. The van der Waals surface area contributed by atoms with Crippen molar-refractivity contribution in [2.75, 3.05) is 5.75 Å². The number of hydrogen-bond donors (Lipinski definition) is 0. The molecule has 1 aliphatic carbocycles. The van der Waals surface area contributed by atoms with E-state index in [1.165, 1.54) is 37.5 Å². The number of halogens is 2. The molecule has 3 heteroatoms. The first-order chi connectivity index (χ1) is 7.74. The molecule has 0 aliphatic heterocycles. The second kappa shape index (κ2) is 6.06. The van der Waals surface area contributed by atoms with Crippen molar-refractivity contribution in [2.45, 2.75) is 31.4 Å². The van der Waals surface area contributed by atoms with Gasteiger partial charge in [0.15, 0.2) is 0 Å². The van der Waals surface area contributed by atoms with E-state index < -0.39 is 0 Å². The van der Waals surface area contributed by atoms with Crippen LogP contribution >= 0.6 is 27.7 Å². The summed E-state index contributed by atoms with van der Waals surface area (Å²) < 4.78 is 14.0. The average molecular weight is 303 g/mol. The summed E-state index contributed by atoms with van der Waals surface area (Å²) in [5.74, 6) is 2.91. The van der Waals surface area contributed by atoms with Crippen LogP contribution in [0.3, 0.4) is 0 Å². The lowest BCUT2D eigenvalue weighted by molar-refractivity contribution is 0.622. The number of thioether (sulfide) groups is 1. The Morgan fingerprint density at radius 1 is 1.25 bits per heavy atom. The van der Waals surface area contributed by atoms with E-state index in [0.29, 0.717) is 0 Å². The standard InChI is InChI=1S/C13H16BrFS/c14-12-5-11(6-13(15)7-12)9-16-8-10-3-1-2-4-10/h5-7,10H,1-4,8-9H2. The van der Waals surface area contributed by atoms with Crippen LogP contribution in [0.15, 0.2) is 22.7 Å². The van der Waals surface area contributed by atoms with Crippen molar-refractivity contribution in [3.8, 4) is 0 Å². The summed E-state index contributed by atoms with van der Waals surface area (Å²) in [6.45, 7) is 0. The van der Waals surface area contributed by atoms with Gasteiger partial charge in [0.1, 0.15) is 5.82 Å². The highest BCUT2D eigenvalue weighted by Gasteiger charge is 2.14. The monoisotopic (exact) mass is 302 g/mol. The van der Waals surface area contributed by atoms with E-state index in [4.69, 9.17) is 0 Å². The van der Waals surface area contributed by atoms with Crippen molar-refractivity contribution in [2.24, 2.45) is 5.92 Å². The Kier molecular flexibility index (Phi) is 4.71. The molecular weight excluding hydrogens is 287 g/mol. The summed E-state index contributed by atoms with van der Waals surface area (Å²) >= 11 is 5.26. The quantitative estimate of drug-likeness (QED) is 0.753. The third-order valence-electron chi connectivity index (χ3n) is 3.02. The minimum atomic E-state index is -0.147. The maximum Gasteiger partial charge on any atom is 0.124 e. The molecule has 1 aromatic rings. The van der Waals surface area contributed by atoms with Gasteiger partial charge < -0.3 is 0 Å². The minimum absolute atomic E-state index is 0.147. The van der Waals surface area contributed by atoms with Crippen LogP contribution in [0.4, 0.5) is 4.39 Å². The fourth-order valence-electron chi connectivity index (χ4n) is 2.21. The van der Waals surface area contributed by atoms with Crippen LogP contribution in [-0.2, 0) is 5.75 Å². The zero-order valence-corrected chi connectivity index (χ0v) is 11.6. The largest absolute Gasteiger partial charge is 0.207 e. The van der Waals surface area contributed by atoms with E-state index in [2.05, 4.69) is 15.9 Å². The molecule has 0 atom stereocenters. The highest BCUT2D eigenvalue weighted by atomic mass is 79.9. The first-order valence-electron chi connectivity index (χ1n) is 5.77. The molecule has 16 heavy (non-hydrogen) atoms. The molecule has 0 bridgehead atoms. The van der Waals surface area contributed by atoms with Crippen LogP contribution in [-0.4, -0.2) is 5.75 Å². The van der Waals surface area contributed by atoms with E-state index >= 15 is 0 Å². The molecule has 1 aromatic carbocycles. The Hall–Kier alpha value is -0.0200. The van der Waals surface area contributed by atoms with E-state index in [0.717, 1.165) is 21.7 Å². The number of hydrogen-bond acceptors (Lipinski definition) is 1. The molecule has 0 aromatic heterocycles. The Morgan fingerprint density at radius 2 is 2.00 bits per heavy atom. The first-order valence-corrected chi connectivity index (χ1v) is 7.71. The second-order valence-electron chi connectivity index (χ2n) is 4.44. The van der Waals surface area contributed by atoms with Gasteiger partial charge in [-0.1, -0.05) is 28.8 Å². The molecular formula is C13H16BrFS. The molecule has 0 heterocycles. The molecule has 0 radical (unpaired) electrons. The van der Waals surface area contributed by atoms with Crippen LogP contribution < -0.4 is 0 Å². The fraction of sp³-hybridized carbons (Fsp3) is 0.538. The molecule has 0 amide bonds. The molecule has 0 spiro atoms. The summed E-state index contributed by atoms with van der Waals surface area (Å²) in [6.07, 6.45) is 5.58. The van der Waals surface area contributed by atoms with Crippen molar-refractivity contribution in [3.05, 3.63) is 34.1 Å². The summed E-state index contributed by atoms with van der Waals surface area (Å²) in [4.78, 5) is 0. The molecule has 88 valence electrons. The SMILES string of the molecule is Fc1cc(Br)cc(CSCC2CCCC2)c1. The summed E-state index contributed by atoms with van der Waals surface area (Å²) in [6, 6.07) is 5.14. The van der Waals surface area contributed by atoms with Gasteiger partial charge >= 0.3 is 0 Å². The molecule has 2 rings (SSSR count). The van der Waals surface area contributed by atoms with Gasteiger partial charge in [0.25, 0.3) is 0 Å².